The van der Waals surface area contributed by atoms with E-state index in [4.69, 9.17) is 16.3 Å². The lowest BCUT2D eigenvalue weighted by Gasteiger charge is -2.23. The highest BCUT2D eigenvalue weighted by Gasteiger charge is 2.32. The monoisotopic (exact) mass is 360 g/mol. The van der Waals surface area contributed by atoms with E-state index in [9.17, 15) is 13.2 Å². The van der Waals surface area contributed by atoms with Gasteiger partial charge in [-0.15, -0.1) is 0 Å². The number of benzene rings is 1. The van der Waals surface area contributed by atoms with Gasteiger partial charge >= 0.3 is 0 Å². The van der Waals surface area contributed by atoms with E-state index >= 15 is 0 Å². The molecule has 6 nitrogen and oxygen atoms in total. The molecule has 2 rings (SSSR count). The summed E-state index contributed by atoms with van der Waals surface area (Å²) in [4.78, 5) is 13.7. The number of nitrogens with zero attached hydrogens (tertiary/aromatic N) is 1. The number of amides is 1. The molecule has 1 aliphatic rings. The predicted octanol–water partition coefficient (Wildman–Crippen LogP) is 1.80. The first kappa shape index (κ1) is 17.9. The molecule has 1 N–H and O–H groups in total. The molecular weight excluding hydrogens is 340 g/mol. The summed E-state index contributed by atoms with van der Waals surface area (Å²) in [6.07, 6.45) is 0.808. The van der Waals surface area contributed by atoms with Gasteiger partial charge in [0.2, 0.25) is 5.91 Å². The smallest absolute Gasteiger partial charge is 0.224 e. The SMILES string of the molecule is COc1ccc(NCCC(=O)N(C)C2CCS(=O)(=O)C2)cc1Cl. The minimum absolute atomic E-state index is 0.0662. The van der Waals surface area contributed by atoms with Gasteiger partial charge in [0.1, 0.15) is 5.75 Å². The third kappa shape index (κ3) is 4.75. The fourth-order valence-electron chi connectivity index (χ4n) is 2.55. The summed E-state index contributed by atoms with van der Waals surface area (Å²) in [5.41, 5.74) is 0.801. The molecule has 0 spiro atoms. The molecule has 0 saturated carbocycles. The first-order valence-electron chi connectivity index (χ1n) is 7.36. The second-order valence-corrected chi connectivity index (χ2v) is 8.22. The van der Waals surface area contributed by atoms with Crippen LogP contribution >= 0.6 is 11.6 Å². The minimum Gasteiger partial charge on any atom is -0.495 e. The van der Waals surface area contributed by atoms with Gasteiger partial charge < -0.3 is 15.0 Å². The Morgan fingerprint density at radius 1 is 1.48 bits per heavy atom. The van der Waals surface area contributed by atoms with Gasteiger partial charge in [-0.2, -0.15) is 0 Å². The van der Waals surface area contributed by atoms with Crippen LogP contribution in [0.5, 0.6) is 5.75 Å². The van der Waals surface area contributed by atoms with E-state index in [1.165, 1.54) is 0 Å². The molecule has 8 heteroatoms. The first-order valence-corrected chi connectivity index (χ1v) is 9.56. The molecule has 1 heterocycles. The van der Waals surface area contributed by atoms with Crippen LogP contribution in [-0.2, 0) is 14.6 Å². The summed E-state index contributed by atoms with van der Waals surface area (Å²) in [5.74, 6) is 0.754. The normalized spacial score (nSPS) is 19.3. The molecule has 0 bridgehead atoms. The number of halogens is 1. The van der Waals surface area contributed by atoms with Crippen LogP contribution in [0.3, 0.4) is 0 Å². The number of carbonyl (C=O) groups excluding carboxylic acids is 1. The lowest BCUT2D eigenvalue weighted by Crippen LogP contribution is -2.38. The van der Waals surface area contributed by atoms with Gasteiger partial charge in [-0.3, -0.25) is 4.79 Å². The van der Waals surface area contributed by atoms with Crippen LogP contribution in [0.2, 0.25) is 5.02 Å². The van der Waals surface area contributed by atoms with Crippen LogP contribution in [0.4, 0.5) is 5.69 Å². The lowest BCUT2D eigenvalue weighted by molar-refractivity contribution is -0.131. The van der Waals surface area contributed by atoms with Crippen molar-refractivity contribution < 1.29 is 17.9 Å². The van der Waals surface area contributed by atoms with Crippen LogP contribution in [-0.4, -0.2) is 57.5 Å². The quantitative estimate of drug-likeness (QED) is 0.837. The molecule has 0 aliphatic carbocycles. The number of carbonyl (C=O) groups is 1. The standard InChI is InChI=1S/C15H21ClN2O4S/c1-18(12-6-8-23(20,21)10-12)15(19)5-7-17-11-3-4-14(22-2)13(16)9-11/h3-4,9,12,17H,5-8,10H2,1-2H3. The lowest BCUT2D eigenvalue weighted by atomic mass is 10.2. The maximum Gasteiger partial charge on any atom is 0.224 e. The van der Waals surface area contributed by atoms with E-state index < -0.39 is 9.84 Å². The molecule has 1 aromatic carbocycles. The van der Waals surface area contributed by atoms with Crippen molar-refractivity contribution in [3.8, 4) is 5.75 Å². The number of hydrogen-bond acceptors (Lipinski definition) is 5. The molecule has 23 heavy (non-hydrogen) atoms. The van der Waals surface area contributed by atoms with E-state index in [1.54, 1.807) is 31.2 Å². The number of anilines is 1. The molecule has 1 amide bonds. The molecule has 1 aliphatic heterocycles. The number of hydrogen-bond donors (Lipinski definition) is 1. The molecule has 0 aromatic heterocycles. The Labute approximate surface area is 141 Å². The Hall–Kier alpha value is -1.47. The van der Waals surface area contributed by atoms with E-state index in [1.807, 2.05) is 6.07 Å². The Kier molecular flexibility index (Phi) is 5.75. The Bertz CT molecular complexity index is 678. The summed E-state index contributed by atoms with van der Waals surface area (Å²) in [7, 11) is 0.227. The van der Waals surface area contributed by atoms with Gasteiger partial charge in [-0.1, -0.05) is 11.6 Å². The van der Waals surface area contributed by atoms with Crippen molar-refractivity contribution in [2.75, 3.05) is 37.5 Å². The van der Waals surface area contributed by atoms with Gasteiger partial charge in [0.15, 0.2) is 9.84 Å². The number of ether oxygens (including phenoxy) is 1. The zero-order valence-electron chi connectivity index (χ0n) is 13.2. The minimum atomic E-state index is -2.98. The van der Waals surface area contributed by atoms with E-state index in [-0.39, 0.29) is 29.9 Å². The van der Waals surface area contributed by atoms with Gasteiger partial charge in [0, 0.05) is 31.7 Å². The third-order valence-corrected chi connectivity index (χ3v) is 6.02. The number of sulfone groups is 1. The second kappa shape index (κ2) is 7.40. The van der Waals surface area contributed by atoms with Crippen molar-refractivity contribution in [2.45, 2.75) is 18.9 Å². The van der Waals surface area contributed by atoms with Gasteiger partial charge in [-0.25, -0.2) is 8.42 Å². The highest BCUT2D eigenvalue weighted by atomic mass is 35.5. The van der Waals surface area contributed by atoms with Crippen LogP contribution in [0.15, 0.2) is 18.2 Å². The Balaban J connectivity index is 1.81. The van der Waals surface area contributed by atoms with Crippen LogP contribution in [0.25, 0.3) is 0 Å². The van der Waals surface area contributed by atoms with E-state index in [2.05, 4.69) is 5.32 Å². The Morgan fingerprint density at radius 2 is 2.22 bits per heavy atom. The van der Waals surface area contributed by atoms with Crippen molar-refractivity contribution in [3.05, 3.63) is 23.2 Å². The van der Waals surface area contributed by atoms with E-state index in [0.717, 1.165) is 5.69 Å². The average molecular weight is 361 g/mol. The van der Waals surface area contributed by atoms with Crippen molar-refractivity contribution in [3.63, 3.8) is 0 Å². The molecule has 1 fully saturated rings. The fraction of sp³-hybridized carbons (Fsp3) is 0.533. The highest BCUT2D eigenvalue weighted by molar-refractivity contribution is 7.91. The van der Waals surface area contributed by atoms with Crippen molar-refractivity contribution in [1.29, 1.82) is 0 Å². The topological polar surface area (TPSA) is 75.7 Å². The third-order valence-electron chi connectivity index (χ3n) is 3.97. The Morgan fingerprint density at radius 3 is 2.78 bits per heavy atom. The van der Waals surface area contributed by atoms with Crippen molar-refractivity contribution in [1.82, 2.24) is 4.90 Å². The number of nitrogens with one attached hydrogen (secondary N) is 1. The van der Waals surface area contributed by atoms with Crippen LogP contribution < -0.4 is 10.1 Å². The van der Waals surface area contributed by atoms with E-state index in [0.29, 0.717) is 23.7 Å². The van der Waals surface area contributed by atoms with Gasteiger partial charge in [0.25, 0.3) is 0 Å². The largest absolute Gasteiger partial charge is 0.495 e. The molecule has 0 radical (unpaired) electrons. The zero-order valence-corrected chi connectivity index (χ0v) is 14.8. The number of rotatable bonds is 6. The molecule has 1 unspecified atom stereocenters. The van der Waals surface area contributed by atoms with Crippen LogP contribution in [0, 0.1) is 0 Å². The average Bonchev–Trinajstić information content (AvgIpc) is 2.86. The van der Waals surface area contributed by atoms with Crippen LogP contribution in [0.1, 0.15) is 12.8 Å². The predicted molar refractivity (Wildman–Crippen MR) is 90.9 cm³/mol. The fourth-order valence-corrected chi connectivity index (χ4v) is 4.58. The summed E-state index contributed by atoms with van der Waals surface area (Å²) in [5, 5.41) is 3.62. The van der Waals surface area contributed by atoms with Gasteiger partial charge in [0.05, 0.1) is 23.6 Å². The highest BCUT2D eigenvalue weighted by Crippen LogP contribution is 2.27. The summed E-state index contributed by atoms with van der Waals surface area (Å²) in [6.45, 7) is 0.450. The molecule has 1 atom stereocenters. The summed E-state index contributed by atoms with van der Waals surface area (Å²) < 4.78 is 28.0. The summed E-state index contributed by atoms with van der Waals surface area (Å²) >= 11 is 6.04. The second-order valence-electron chi connectivity index (χ2n) is 5.59. The number of methoxy groups -OCH3 is 1. The first-order chi connectivity index (χ1) is 10.8. The maximum absolute atomic E-state index is 12.1. The molecule has 1 aromatic rings. The van der Waals surface area contributed by atoms with Gasteiger partial charge in [-0.05, 0) is 24.6 Å². The van der Waals surface area contributed by atoms with Crippen molar-refractivity contribution in [2.24, 2.45) is 0 Å². The zero-order chi connectivity index (χ0) is 17.0. The summed E-state index contributed by atoms with van der Waals surface area (Å²) in [6, 6.07) is 5.10. The van der Waals surface area contributed by atoms with Crippen molar-refractivity contribution >= 4 is 33.0 Å². The molecule has 1 saturated heterocycles. The molecule has 128 valence electrons. The maximum atomic E-state index is 12.1. The molecular formula is C15H21ClN2O4S.